The highest BCUT2D eigenvalue weighted by Gasteiger charge is 2.54. The molecular weight excluding hydrogens is 380 g/mol. The maximum atomic E-state index is 12.5. The number of hydrogen-bond donors (Lipinski definition) is 1. The van der Waals surface area contributed by atoms with Crippen LogP contribution in [0, 0.1) is 34.0 Å². The minimum absolute atomic E-state index is 0.137. The Morgan fingerprint density at radius 2 is 1.86 bits per heavy atom. The fourth-order valence-electron chi connectivity index (χ4n) is 6.28. The van der Waals surface area contributed by atoms with Crippen LogP contribution < -0.4 is 0 Å². The van der Waals surface area contributed by atoms with Crippen LogP contribution in [0.5, 0.6) is 0 Å². The second-order valence-electron chi connectivity index (χ2n) is 11.5. The van der Waals surface area contributed by atoms with Crippen LogP contribution >= 0.6 is 0 Å². The fraction of sp³-hybridized carbons (Fsp3) is 0.917. The second kappa shape index (κ2) is 8.82. The van der Waals surface area contributed by atoms with Gasteiger partial charge < -0.3 is 9.53 Å². The lowest BCUT2D eigenvalue weighted by atomic mass is 9.61. The molecule has 0 heterocycles. The molecule has 29 heavy (non-hydrogen) atoms. The van der Waals surface area contributed by atoms with Gasteiger partial charge in [0.2, 0.25) is 0 Å². The van der Waals surface area contributed by atoms with E-state index < -0.39 is 25.8 Å². The van der Waals surface area contributed by atoms with Gasteiger partial charge in [0.1, 0.15) is 5.78 Å². The number of carboxylic acid groups (broad SMARTS) is 1. The molecule has 0 amide bonds. The third-order valence-electron chi connectivity index (χ3n) is 8.59. The SMILES string of the molecule is C[C@H](CCC(O[SiH](C)C)[C@](C)(C(=O)O)C(C)(C)C)[C@H]1CCC2C(=O)CCC[C@@]21C. The predicted octanol–water partition coefficient (Wildman–Crippen LogP) is 5.69. The molecule has 0 aliphatic heterocycles. The monoisotopic (exact) mass is 424 g/mol. The van der Waals surface area contributed by atoms with E-state index in [0.717, 1.165) is 44.9 Å². The van der Waals surface area contributed by atoms with Crippen molar-refractivity contribution in [3.63, 3.8) is 0 Å². The van der Waals surface area contributed by atoms with Gasteiger partial charge in [0, 0.05) is 12.3 Å². The van der Waals surface area contributed by atoms with E-state index in [4.69, 9.17) is 4.43 Å². The van der Waals surface area contributed by atoms with Gasteiger partial charge in [0.15, 0.2) is 9.04 Å². The van der Waals surface area contributed by atoms with Gasteiger partial charge in [-0.2, -0.15) is 0 Å². The minimum Gasteiger partial charge on any atom is -0.481 e. The molecule has 0 bridgehead atoms. The second-order valence-corrected chi connectivity index (χ2v) is 13.9. The molecule has 1 N–H and O–H groups in total. The summed E-state index contributed by atoms with van der Waals surface area (Å²) in [5, 5.41) is 10.2. The average Bonchev–Trinajstić information content (AvgIpc) is 2.94. The normalized spacial score (nSPS) is 32.0. The molecule has 0 aromatic heterocycles. The van der Waals surface area contributed by atoms with Crippen LogP contribution in [0.3, 0.4) is 0 Å². The molecule has 2 fully saturated rings. The van der Waals surface area contributed by atoms with Gasteiger partial charge in [-0.05, 0) is 81.2 Å². The summed E-state index contributed by atoms with van der Waals surface area (Å²) in [5.74, 6) is 1.00. The van der Waals surface area contributed by atoms with E-state index in [1.807, 2.05) is 27.7 Å². The van der Waals surface area contributed by atoms with Gasteiger partial charge >= 0.3 is 5.97 Å². The summed E-state index contributed by atoms with van der Waals surface area (Å²) in [6, 6.07) is 0. The quantitative estimate of drug-likeness (QED) is 0.508. The van der Waals surface area contributed by atoms with E-state index in [2.05, 4.69) is 26.9 Å². The van der Waals surface area contributed by atoms with Gasteiger partial charge in [0.25, 0.3) is 0 Å². The van der Waals surface area contributed by atoms with Gasteiger partial charge in [-0.1, -0.05) is 34.6 Å². The van der Waals surface area contributed by atoms with Crippen molar-refractivity contribution < 1.29 is 19.1 Å². The van der Waals surface area contributed by atoms with E-state index in [1.165, 1.54) is 0 Å². The summed E-state index contributed by atoms with van der Waals surface area (Å²) in [4.78, 5) is 24.8. The summed E-state index contributed by atoms with van der Waals surface area (Å²) in [5.41, 5.74) is -1.18. The number of carboxylic acids is 1. The van der Waals surface area contributed by atoms with Crippen molar-refractivity contribution in [3.8, 4) is 0 Å². The Hall–Kier alpha value is -0.683. The first kappa shape index (κ1) is 24.6. The number of ketones is 1. The first-order valence-corrected chi connectivity index (χ1v) is 14.4. The largest absolute Gasteiger partial charge is 0.481 e. The van der Waals surface area contributed by atoms with Crippen LogP contribution in [0.2, 0.25) is 13.1 Å². The van der Waals surface area contributed by atoms with Crippen LogP contribution in [0.15, 0.2) is 0 Å². The summed E-state index contributed by atoms with van der Waals surface area (Å²) >= 11 is 0. The number of fused-ring (bicyclic) bond motifs is 1. The van der Waals surface area contributed by atoms with Crippen LogP contribution in [0.4, 0.5) is 0 Å². The number of carbonyl (C=O) groups is 2. The van der Waals surface area contributed by atoms with Crippen molar-refractivity contribution in [2.24, 2.45) is 34.0 Å². The van der Waals surface area contributed by atoms with E-state index in [9.17, 15) is 14.7 Å². The Kier molecular flexibility index (Phi) is 7.48. The zero-order chi connectivity index (χ0) is 22.2. The molecule has 2 aliphatic rings. The lowest BCUT2D eigenvalue weighted by Gasteiger charge is -2.46. The van der Waals surface area contributed by atoms with E-state index in [-0.39, 0.29) is 17.4 Å². The van der Waals surface area contributed by atoms with E-state index >= 15 is 0 Å². The highest BCUT2D eigenvalue weighted by atomic mass is 28.3. The molecule has 0 saturated heterocycles. The summed E-state index contributed by atoms with van der Waals surface area (Å²) in [6.45, 7) is 16.8. The van der Waals surface area contributed by atoms with Crippen molar-refractivity contribution in [1.82, 2.24) is 0 Å². The number of Topliss-reactive ketones (excluding diaryl/α,β-unsaturated/α-hetero) is 1. The summed E-state index contributed by atoms with van der Waals surface area (Å²) < 4.78 is 6.37. The smallest absolute Gasteiger partial charge is 0.312 e. The molecular formula is C24H44O4Si. The Bertz CT molecular complexity index is 610. The first-order chi connectivity index (χ1) is 13.2. The number of rotatable bonds is 8. The Balaban J connectivity index is 2.17. The molecule has 6 atom stereocenters. The fourth-order valence-corrected chi connectivity index (χ4v) is 7.35. The standard InChI is InChI=1S/C24H44O4Si/c1-16(17-12-13-18-19(25)10-9-15-23(17,18)5)11-14-20(28-29(7)8)24(6,21(26)27)22(2,3)4/h16-18,20,29H,9-15H2,1-8H3,(H,26,27)/t16-,17-,18?,20?,23-,24-/m1/s1. The van der Waals surface area contributed by atoms with Crippen LogP contribution in [-0.2, 0) is 14.0 Å². The molecule has 0 spiro atoms. The van der Waals surface area contributed by atoms with Gasteiger partial charge in [-0.25, -0.2) is 0 Å². The number of hydrogen-bond acceptors (Lipinski definition) is 3. The van der Waals surface area contributed by atoms with E-state index in [0.29, 0.717) is 17.6 Å². The maximum absolute atomic E-state index is 12.5. The van der Waals surface area contributed by atoms with Crippen LogP contribution in [0.1, 0.15) is 86.5 Å². The van der Waals surface area contributed by atoms with Crippen molar-refractivity contribution in [2.75, 3.05) is 0 Å². The third-order valence-corrected chi connectivity index (χ3v) is 9.46. The highest BCUT2D eigenvalue weighted by Crippen LogP contribution is 2.57. The predicted molar refractivity (Wildman–Crippen MR) is 121 cm³/mol. The van der Waals surface area contributed by atoms with Gasteiger partial charge in [0.05, 0.1) is 11.5 Å². The number of aliphatic carboxylic acids is 1. The van der Waals surface area contributed by atoms with Gasteiger partial charge in [-0.15, -0.1) is 0 Å². The molecule has 2 aliphatic carbocycles. The van der Waals surface area contributed by atoms with Crippen molar-refractivity contribution >= 4 is 20.8 Å². The maximum Gasteiger partial charge on any atom is 0.312 e. The molecule has 2 unspecified atom stereocenters. The lowest BCUT2D eigenvalue weighted by Crippen LogP contribution is -2.52. The first-order valence-electron chi connectivity index (χ1n) is 11.7. The molecule has 2 saturated carbocycles. The molecule has 5 heteroatoms. The molecule has 168 valence electrons. The Morgan fingerprint density at radius 1 is 1.24 bits per heavy atom. The third kappa shape index (κ3) is 4.66. The molecule has 0 aromatic rings. The van der Waals surface area contributed by atoms with Crippen LogP contribution in [0.25, 0.3) is 0 Å². The molecule has 2 rings (SSSR count). The summed E-state index contributed by atoms with van der Waals surface area (Å²) in [6.07, 6.45) is 6.59. The van der Waals surface area contributed by atoms with E-state index in [1.54, 1.807) is 0 Å². The molecule has 4 nitrogen and oxygen atoms in total. The average molecular weight is 425 g/mol. The van der Waals surface area contributed by atoms with Crippen molar-refractivity contribution in [1.29, 1.82) is 0 Å². The minimum atomic E-state index is -1.39. The lowest BCUT2D eigenvalue weighted by molar-refractivity contribution is -0.165. The molecule has 0 aromatic carbocycles. The zero-order valence-corrected chi connectivity index (χ0v) is 21.2. The Morgan fingerprint density at radius 3 is 2.38 bits per heavy atom. The zero-order valence-electron chi connectivity index (χ0n) is 20.0. The summed E-state index contributed by atoms with van der Waals surface area (Å²) in [7, 11) is -1.39. The van der Waals surface area contributed by atoms with Crippen molar-refractivity contribution in [2.45, 2.75) is 106 Å². The van der Waals surface area contributed by atoms with Crippen LogP contribution in [-0.4, -0.2) is 32.0 Å². The Labute approximate surface area is 179 Å². The van der Waals surface area contributed by atoms with Crippen molar-refractivity contribution in [3.05, 3.63) is 0 Å². The number of carbonyl (C=O) groups excluding carboxylic acids is 1. The molecule has 0 radical (unpaired) electrons. The highest BCUT2D eigenvalue weighted by molar-refractivity contribution is 6.48. The topological polar surface area (TPSA) is 63.6 Å². The van der Waals surface area contributed by atoms with Gasteiger partial charge in [-0.3, -0.25) is 9.59 Å².